The highest BCUT2D eigenvalue weighted by molar-refractivity contribution is 5.96. The van der Waals surface area contributed by atoms with Gasteiger partial charge in [-0.05, 0) is 36.2 Å². The second kappa shape index (κ2) is 11.9. The van der Waals surface area contributed by atoms with E-state index < -0.39 is 23.2 Å². The average Bonchev–Trinajstić information content (AvgIpc) is 3.36. The van der Waals surface area contributed by atoms with Gasteiger partial charge < -0.3 is 20.2 Å². The number of amides is 2. The maximum atomic E-state index is 13.7. The van der Waals surface area contributed by atoms with Gasteiger partial charge in [-0.15, -0.1) is 0 Å². The van der Waals surface area contributed by atoms with E-state index in [0.717, 1.165) is 6.42 Å². The number of ether oxygens (including phenoxy) is 1. The third-order valence-corrected chi connectivity index (χ3v) is 5.69. The van der Waals surface area contributed by atoms with Crippen LogP contribution in [0.4, 0.5) is 11.5 Å². The Balaban J connectivity index is 2.03. The number of rotatable bonds is 11. The number of carbonyl (C=O) groups is 2. The highest BCUT2D eigenvalue weighted by Crippen LogP contribution is 2.26. The molecule has 1 atom stereocenters. The number of nitrogens with one attached hydrogen (secondary N) is 2. The number of hydrogen-bond acceptors (Lipinski definition) is 7. The maximum absolute atomic E-state index is 13.7. The molecule has 192 valence electrons. The van der Waals surface area contributed by atoms with Crippen LogP contribution in [-0.2, 0) is 22.7 Å². The minimum absolute atomic E-state index is 0.0967. The van der Waals surface area contributed by atoms with Crippen LogP contribution in [0.5, 0.6) is 5.75 Å². The highest BCUT2D eigenvalue weighted by atomic mass is 16.5. The summed E-state index contributed by atoms with van der Waals surface area (Å²) in [6.07, 6.45) is 2.73. The lowest BCUT2D eigenvalue weighted by atomic mass is 10.0. The third kappa shape index (κ3) is 6.23. The lowest BCUT2D eigenvalue weighted by Gasteiger charge is -2.26. The number of aromatic nitrogens is 2. The molecule has 0 aliphatic rings. The first-order valence-corrected chi connectivity index (χ1v) is 11.6. The first kappa shape index (κ1) is 26.3. The van der Waals surface area contributed by atoms with Gasteiger partial charge in [-0.25, -0.2) is 4.79 Å². The van der Waals surface area contributed by atoms with Crippen molar-refractivity contribution in [3.8, 4) is 5.75 Å². The van der Waals surface area contributed by atoms with Crippen LogP contribution in [0.25, 0.3) is 0 Å². The number of nitrogens with two attached hydrogens (primary N) is 1. The molecule has 0 aliphatic carbocycles. The molecule has 1 aromatic carbocycles. The summed E-state index contributed by atoms with van der Waals surface area (Å²) >= 11 is 0. The van der Waals surface area contributed by atoms with E-state index in [2.05, 4.69) is 10.3 Å². The predicted molar refractivity (Wildman–Crippen MR) is 135 cm³/mol. The Morgan fingerprint density at radius 3 is 2.53 bits per heavy atom. The zero-order chi connectivity index (χ0) is 26.2. The van der Waals surface area contributed by atoms with Gasteiger partial charge in [0.05, 0.1) is 32.4 Å². The number of unbranched alkanes of at least 4 members (excludes halogenated alkanes) is 1. The first-order chi connectivity index (χ1) is 17.2. The second-order valence-electron chi connectivity index (χ2n) is 8.29. The minimum Gasteiger partial charge on any atom is -0.497 e. The van der Waals surface area contributed by atoms with E-state index in [1.54, 1.807) is 36.4 Å². The molecule has 0 bridgehead atoms. The number of nitrogens with zero attached hydrogens (tertiary/aromatic N) is 2. The zero-order valence-corrected chi connectivity index (χ0v) is 20.6. The van der Waals surface area contributed by atoms with Crippen LogP contribution < -0.4 is 31.9 Å². The number of nitrogen functional groups attached to an aromatic ring is 1. The monoisotopic (exact) mass is 497 g/mol. The standard InChI is InChI=1S/C25H31N5O6/c1-4-5-12-29-23(26)22(24(33)28-25(29)34)30(15-19-7-6-13-36-19)21(32)14-20(27-16(2)31)17-8-10-18(35-3)11-9-17/h6-11,13,20H,4-5,12,14-15,26H2,1-3H3,(H,27,31)(H,28,33,34). The Hall–Kier alpha value is -4.28. The van der Waals surface area contributed by atoms with Gasteiger partial charge in [0.15, 0.2) is 5.69 Å². The summed E-state index contributed by atoms with van der Waals surface area (Å²) in [4.78, 5) is 54.4. The van der Waals surface area contributed by atoms with Crippen molar-refractivity contribution < 1.29 is 18.7 Å². The second-order valence-corrected chi connectivity index (χ2v) is 8.29. The van der Waals surface area contributed by atoms with Crippen molar-refractivity contribution in [3.63, 3.8) is 0 Å². The van der Waals surface area contributed by atoms with Crippen LogP contribution >= 0.6 is 0 Å². The van der Waals surface area contributed by atoms with Crippen LogP contribution in [-0.4, -0.2) is 28.5 Å². The van der Waals surface area contributed by atoms with Gasteiger partial charge in [0, 0.05) is 13.5 Å². The van der Waals surface area contributed by atoms with E-state index in [4.69, 9.17) is 14.9 Å². The quantitative estimate of drug-likeness (QED) is 0.367. The fraction of sp³-hybridized carbons (Fsp3) is 0.360. The topological polar surface area (TPSA) is 153 Å². The number of aromatic amines is 1. The van der Waals surface area contributed by atoms with Gasteiger partial charge in [-0.3, -0.25) is 28.8 Å². The summed E-state index contributed by atoms with van der Waals surface area (Å²) in [6.45, 7) is 3.50. The summed E-state index contributed by atoms with van der Waals surface area (Å²) in [5.74, 6) is 0.0943. The van der Waals surface area contributed by atoms with Crippen LogP contribution in [0.3, 0.4) is 0 Å². The Kier molecular flexibility index (Phi) is 8.71. The predicted octanol–water partition coefficient (Wildman–Crippen LogP) is 2.32. The van der Waals surface area contributed by atoms with Gasteiger partial charge in [-0.2, -0.15) is 0 Å². The minimum atomic E-state index is -0.786. The fourth-order valence-corrected chi connectivity index (χ4v) is 3.85. The van der Waals surface area contributed by atoms with Crippen LogP contribution in [0.2, 0.25) is 0 Å². The summed E-state index contributed by atoms with van der Waals surface area (Å²) in [5.41, 5.74) is 5.38. The van der Waals surface area contributed by atoms with Gasteiger partial charge in [0.2, 0.25) is 11.8 Å². The van der Waals surface area contributed by atoms with E-state index in [0.29, 0.717) is 23.5 Å². The normalized spacial score (nSPS) is 11.6. The van der Waals surface area contributed by atoms with Crippen molar-refractivity contribution in [2.75, 3.05) is 17.7 Å². The van der Waals surface area contributed by atoms with Crippen molar-refractivity contribution in [2.24, 2.45) is 0 Å². The Morgan fingerprint density at radius 1 is 1.22 bits per heavy atom. The molecule has 4 N–H and O–H groups in total. The van der Waals surface area contributed by atoms with E-state index >= 15 is 0 Å². The molecule has 2 aromatic heterocycles. The van der Waals surface area contributed by atoms with Crippen molar-refractivity contribution in [1.82, 2.24) is 14.9 Å². The average molecular weight is 498 g/mol. The maximum Gasteiger partial charge on any atom is 0.330 e. The van der Waals surface area contributed by atoms with Gasteiger partial charge >= 0.3 is 5.69 Å². The lowest BCUT2D eigenvalue weighted by molar-refractivity contribution is -0.121. The molecule has 0 radical (unpaired) electrons. The molecule has 11 heteroatoms. The number of H-pyrrole nitrogens is 1. The highest BCUT2D eigenvalue weighted by Gasteiger charge is 2.28. The van der Waals surface area contributed by atoms with E-state index in [1.165, 1.54) is 29.8 Å². The number of carbonyl (C=O) groups excluding carboxylic acids is 2. The third-order valence-electron chi connectivity index (χ3n) is 5.69. The van der Waals surface area contributed by atoms with Crippen molar-refractivity contribution in [3.05, 3.63) is 74.8 Å². The van der Waals surface area contributed by atoms with Crippen molar-refractivity contribution in [1.29, 1.82) is 0 Å². The summed E-state index contributed by atoms with van der Waals surface area (Å²) in [6, 6.07) is 9.57. The zero-order valence-electron chi connectivity index (χ0n) is 20.6. The molecule has 0 fully saturated rings. The van der Waals surface area contributed by atoms with Gasteiger partial charge in [0.25, 0.3) is 5.56 Å². The summed E-state index contributed by atoms with van der Waals surface area (Å²) < 4.78 is 11.9. The molecule has 0 saturated heterocycles. The van der Waals surface area contributed by atoms with Crippen LogP contribution in [0, 0.1) is 0 Å². The number of methoxy groups -OCH3 is 1. The number of hydrogen-bond donors (Lipinski definition) is 3. The van der Waals surface area contributed by atoms with E-state index in [-0.39, 0.29) is 36.9 Å². The molecule has 0 saturated carbocycles. The molecule has 3 rings (SSSR count). The SMILES string of the molecule is CCCCn1c(N)c(N(Cc2ccco2)C(=O)CC(NC(C)=O)c2ccc(OC)cc2)c(=O)[nH]c1=O. The molecule has 2 heterocycles. The smallest absolute Gasteiger partial charge is 0.330 e. The Labute approximate surface area is 207 Å². The number of benzene rings is 1. The van der Waals surface area contributed by atoms with Crippen LogP contribution in [0.15, 0.2) is 56.7 Å². The summed E-state index contributed by atoms with van der Waals surface area (Å²) in [7, 11) is 1.54. The largest absolute Gasteiger partial charge is 0.497 e. The summed E-state index contributed by atoms with van der Waals surface area (Å²) in [5, 5.41) is 2.78. The van der Waals surface area contributed by atoms with Gasteiger partial charge in [-0.1, -0.05) is 25.5 Å². The molecule has 2 amide bonds. The molecule has 0 spiro atoms. The molecular formula is C25H31N5O6. The van der Waals surface area contributed by atoms with Crippen molar-refractivity contribution >= 4 is 23.3 Å². The Morgan fingerprint density at radius 2 is 1.94 bits per heavy atom. The van der Waals surface area contributed by atoms with Crippen LogP contribution in [0.1, 0.15) is 50.5 Å². The first-order valence-electron chi connectivity index (χ1n) is 11.6. The van der Waals surface area contributed by atoms with Gasteiger partial charge in [0.1, 0.15) is 17.3 Å². The van der Waals surface area contributed by atoms with E-state index in [1.807, 2.05) is 6.92 Å². The lowest BCUT2D eigenvalue weighted by Crippen LogP contribution is -2.42. The Bertz CT molecular complexity index is 1290. The van der Waals surface area contributed by atoms with E-state index in [9.17, 15) is 19.2 Å². The molecule has 11 nitrogen and oxygen atoms in total. The fourth-order valence-electron chi connectivity index (χ4n) is 3.85. The number of anilines is 2. The molecule has 1 unspecified atom stereocenters. The number of furan rings is 1. The molecule has 0 aliphatic heterocycles. The molecular weight excluding hydrogens is 466 g/mol. The molecule has 3 aromatic rings. The van der Waals surface area contributed by atoms with Crippen molar-refractivity contribution in [2.45, 2.75) is 52.2 Å². The molecule has 36 heavy (non-hydrogen) atoms.